The van der Waals surface area contributed by atoms with Crippen molar-refractivity contribution < 1.29 is 9.90 Å². The number of rotatable bonds is 3. The van der Waals surface area contributed by atoms with Crippen LogP contribution in [-0.4, -0.2) is 16.4 Å². The molecule has 2 atom stereocenters. The third kappa shape index (κ3) is 1.89. The molecule has 0 bridgehead atoms. The molecule has 1 N–H and O–H groups in total. The Morgan fingerprint density at radius 1 is 1.50 bits per heavy atom. The van der Waals surface area contributed by atoms with E-state index < -0.39 is 6.10 Å². The molecular weight excluding hydrogens is 154 g/mol. The van der Waals surface area contributed by atoms with Crippen molar-refractivity contribution in [2.45, 2.75) is 13.0 Å². The van der Waals surface area contributed by atoms with Gasteiger partial charge in [-0.3, -0.25) is 4.98 Å². The molecule has 1 heterocycles. The van der Waals surface area contributed by atoms with Crippen molar-refractivity contribution in [2.24, 2.45) is 5.92 Å². The summed E-state index contributed by atoms with van der Waals surface area (Å²) in [4.78, 5) is 14.2. The van der Waals surface area contributed by atoms with Crippen LogP contribution in [0.2, 0.25) is 0 Å². The molecule has 12 heavy (non-hydrogen) atoms. The highest BCUT2D eigenvalue weighted by molar-refractivity contribution is 5.54. The average Bonchev–Trinajstić information content (AvgIpc) is 2.17. The summed E-state index contributed by atoms with van der Waals surface area (Å²) in [5, 5.41) is 9.53. The summed E-state index contributed by atoms with van der Waals surface area (Å²) >= 11 is 0. The van der Waals surface area contributed by atoms with Gasteiger partial charge in [0.05, 0.1) is 6.10 Å². The number of hydrogen-bond acceptors (Lipinski definition) is 3. The molecule has 64 valence electrons. The Morgan fingerprint density at radius 3 is 2.58 bits per heavy atom. The van der Waals surface area contributed by atoms with Crippen LogP contribution >= 0.6 is 0 Å². The third-order valence-electron chi connectivity index (χ3n) is 1.76. The number of aldehydes is 1. The van der Waals surface area contributed by atoms with E-state index in [9.17, 15) is 9.90 Å². The maximum atomic E-state index is 10.3. The van der Waals surface area contributed by atoms with Gasteiger partial charge in [-0.05, 0) is 17.7 Å². The third-order valence-corrected chi connectivity index (χ3v) is 1.76. The van der Waals surface area contributed by atoms with Gasteiger partial charge >= 0.3 is 0 Å². The molecule has 1 rings (SSSR count). The van der Waals surface area contributed by atoms with Gasteiger partial charge in [0.1, 0.15) is 6.29 Å². The Bertz CT molecular complexity index is 248. The Morgan fingerprint density at radius 2 is 2.08 bits per heavy atom. The van der Waals surface area contributed by atoms with E-state index in [1.807, 2.05) is 0 Å². The Kier molecular flexibility index (Phi) is 2.94. The van der Waals surface area contributed by atoms with Crippen LogP contribution in [0.1, 0.15) is 18.6 Å². The highest BCUT2D eigenvalue weighted by Gasteiger charge is 2.14. The largest absolute Gasteiger partial charge is 0.388 e. The van der Waals surface area contributed by atoms with E-state index in [1.165, 1.54) is 0 Å². The molecule has 0 saturated heterocycles. The van der Waals surface area contributed by atoms with Crippen LogP contribution in [0.5, 0.6) is 0 Å². The molecule has 0 aliphatic rings. The minimum atomic E-state index is -0.717. The van der Waals surface area contributed by atoms with Crippen molar-refractivity contribution >= 4 is 6.29 Å². The summed E-state index contributed by atoms with van der Waals surface area (Å²) in [5.74, 6) is -0.368. The van der Waals surface area contributed by atoms with Gasteiger partial charge in [-0.2, -0.15) is 0 Å². The van der Waals surface area contributed by atoms with E-state index >= 15 is 0 Å². The molecule has 0 spiro atoms. The van der Waals surface area contributed by atoms with Crippen molar-refractivity contribution in [3.05, 3.63) is 30.1 Å². The molecule has 0 radical (unpaired) electrons. The minimum absolute atomic E-state index is 0.368. The topological polar surface area (TPSA) is 50.2 Å². The van der Waals surface area contributed by atoms with Crippen molar-refractivity contribution in [1.29, 1.82) is 0 Å². The van der Waals surface area contributed by atoms with Crippen LogP contribution in [0.3, 0.4) is 0 Å². The quantitative estimate of drug-likeness (QED) is 0.678. The highest BCUT2D eigenvalue weighted by Crippen LogP contribution is 2.18. The molecule has 0 fully saturated rings. The fourth-order valence-electron chi connectivity index (χ4n) is 0.939. The lowest BCUT2D eigenvalue weighted by Gasteiger charge is -2.12. The number of aromatic nitrogens is 1. The summed E-state index contributed by atoms with van der Waals surface area (Å²) in [5.41, 5.74) is 0.726. The van der Waals surface area contributed by atoms with Crippen LogP contribution in [-0.2, 0) is 4.79 Å². The molecule has 1 aromatic rings. The predicted molar refractivity (Wildman–Crippen MR) is 44.4 cm³/mol. The number of nitrogens with zero attached hydrogens (tertiary/aromatic N) is 1. The van der Waals surface area contributed by atoms with E-state index in [0.29, 0.717) is 0 Å². The SMILES string of the molecule is CC(C=O)C(O)c1ccncc1. The number of aliphatic hydroxyl groups excluding tert-OH is 1. The number of carbonyl (C=O) groups is 1. The van der Waals surface area contributed by atoms with Gasteiger partial charge in [0.25, 0.3) is 0 Å². The van der Waals surface area contributed by atoms with Crippen molar-refractivity contribution in [1.82, 2.24) is 4.98 Å². The maximum absolute atomic E-state index is 10.3. The van der Waals surface area contributed by atoms with Crippen molar-refractivity contribution in [3.63, 3.8) is 0 Å². The zero-order chi connectivity index (χ0) is 8.97. The van der Waals surface area contributed by atoms with Crippen LogP contribution < -0.4 is 0 Å². The first-order valence-electron chi connectivity index (χ1n) is 3.79. The molecule has 1 aromatic heterocycles. The zero-order valence-electron chi connectivity index (χ0n) is 6.84. The standard InChI is InChI=1S/C9H11NO2/c1-7(6-11)9(12)8-2-4-10-5-3-8/h2-7,9,12H,1H3. The molecule has 0 aliphatic heterocycles. The molecule has 0 amide bonds. The van der Waals surface area contributed by atoms with Gasteiger partial charge in [0, 0.05) is 18.3 Å². The van der Waals surface area contributed by atoms with Crippen LogP contribution in [0.15, 0.2) is 24.5 Å². The minimum Gasteiger partial charge on any atom is -0.388 e. The van der Waals surface area contributed by atoms with Crippen LogP contribution in [0.4, 0.5) is 0 Å². The van der Waals surface area contributed by atoms with E-state index in [0.717, 1.165) is 11.8 Å². The predicted octanol–water partition coefficient (Wildman–Crippen LogP) is 0.950. The smallest absolute Gasteiger partial charge is 0.125 e. The molecule has 0 saturated carbocycles. The first kappa shape index (κ1) is 8.87. The summed E-state index contributed by atoms with van der Waals surface area (Å²) in [6, 6.07) is 3.40. The normalized spacial score (nSPS) is 15.2. The van der Waals surface area contributed by atoms with E-state index in [1.54, 1.807) is 31.5 Å². The fraction of sp³-hybridized carbons (Fsp3) is 0.333. The second-order valence-electron chi connectivity index (χ2n) is 2.72. The van der Waals surface area contributed by atoms with E-state index in [2.05, 4.69) is 4.98 Å². The maximum Gasteiger partial charge on any atom is 0.125 e. The molecule has 0 aliphatic carbocycles. The number of hydrogen-bond donors (Lipinski definition) is 1. The lowest BCUT2D eigenvalue weighted by Crippen LogP contribution is -2.09. The van der Waals surface area contributed by atoms with Crippen LogP contribution in [0.25, 0.3) is 0 Å². The molecule has 2 unspecified atom stereocenters. The van der Waals surface area contributed by atoms with Gasteiger partial charge in [0.2, 0.25) is 0 Å². The number of pyridine rings is 1. The molecule has 3 nitrogen and oxygen atoms in total. The molecule has 3 heteroatoms. The van der Waals surface area contributed by atoms with Gasteiger partial charge in [-0.25, -0.2) is 0 Å². The zero-order valence-corrected chi connectivity index (χ0v) is 6.84. The monoisotopic (exact) mass is 165 g/mol. The van der Waals surface area contributed by atoms with Crippen molar-refractivity contribution in [2.75, 3.05) is 0 Å². The Hall–Kier alpha value is -1.22. The first-order valence-corrected chi connectivity index (χ1v) is 3.79. The number of carbonyl (C=O) groups excluding carboxylic acids is 1. The first-order chi connectivity index (χ1) is 5.75. The van der Waals surface area contributed by atoms with Crippen molar-refractivity contribution in [3.8, 4) is 0 Å². The van der Waals surface area contributed by atoms with Gasteiger partial charge in [0.15, 0.2) is 0 Å². The summed E-state index contributed by atoms with van der Waals surface area (Å²) < 4.78 is 0. The second-order valence-corrected chi connectivity index (χ2v) is 2.72. The van der Waals surface area contributed by atoms with E-state index in [4.69, 9.17) is 0 Å². The van der Waals surface area contributed by atoms with E-state index in [-0.39, 0.29) is 5.92 Å². The van der Waals surface area contributed by atoms with Crippen LogP contribution in [0, 0.1) is 5.92 Å². The highest BCUT2D eigenvalue weighted by atomic mass is 16.3. The van der Waals surface area contributed by atoms with Gasteiger partial charge in [-0.15, -0.1) is 0 Å². The molecule has 0 aromatic carbocycles. The average molecular weight is 165 g/mol. The summed E-state index contributed by atoms with van der Waals surface area (Å²) in [6.07, 6.45) is 3.21. The lowest BCUT2D eigenvalue weighted by molar-refractivity contribution is -0.113. The Balaban J connectivity index is 2.78. The second kappa shape index (κ2) is 3.97. The summed E-state index contributed by atoms with van der Waals surface area (Å²) in [6.45, 7) is 1.68. The fourth-order valence-corrected chi connectivity index (χ4v) is 0.939. The lowest BCUT2D eigenvalue weighted by atomic mass is 10.00. The number of aliphatic hydroxyl groups is 1. The summed E-state index contributed by atoms with van der Waals surface area (Å²) in [7, 11) is 0. The Labute approximate surface area is 71.1 Å². The molecular formula is C9H11NO2. The van der Waals surface area contributed by atoms with Gasteiger partial charge < -0.3 is 9.90 Å². The van der Waals surface area contributed by atoms with Gasteiger partial charge in [-0.1, -0.05) is 6.92 Å².